The van der Waals surface area contributed by atoms with Gasteiger partial charge in [-0.2, -0.15) is 11.8 Å². The Kier molecular flexibility index (Phi) is 6.18. The van der Waals surface area contributed by atoms with Crippen molar-refractivity contribution in [2.75, 3.05) is 23.9 Å². The molecule has 1 heterocycles. The van der Waals surface area contributed by atoms with Crippen LogP contribution in [-0.2, 0) is 6.54 Å². The third kappa shape index (κ3) is 5.03. The molecule has 0 unspecified atom stereocenters. The van der Waals surface area contributed by atoms with Crippen LogP contribution in [0, 0.1) is 0 Å². The summed E-state index contributed by atoms with van der Waals surface area (Å²) in [7, 11) is 0. The minimum absolute atomic E-state index is 0.294. The van der Waals surface area contributed by atoms with Gasteiger partial charge in [0.25, 0.3) is 0 Å². The molecule has 1 rings (SSSR count). The van der Waals surface area contributed by atoms with Crippen molar-refractivity contribution in [2.24, 2.45) is 5.73 Å². The smallest absolute Gasteiger partial charge is 0.315 e. The molecule has 86 valence electrons. The average Bonchev–Trinajstić information content (AvgIpc) is 2.71. The summed E-state index contributed by atoms with van der Waals surface area (Å²) in [5, 5.41) is 10.6. The molecule has 0 aliphatic rings. The molecule has 0 aliphatic heterocycles. The van der Waals surface area contributed by atoms with E-state index in [9.17, 15) is 0 Å². The Hall–Kier alpha value is -0.750. The maximum Gasteiger partial charge on any atom is 0.315 e. The largest absolute Gasteiger partial charge is 0.407 e. The molecule has 15 heavy (non-hydrogen) atoms. The maximum atomic E-state index is 5.35. The van der Waals surface area contributed by atoms with Gasteiger partial charge in [0.2, 0.25) is 5.89 Å². The zero-order valence-corrected chi connectivity index (χ0v) is 9.85. The monoisotopic (exact) mass is 230 g/mol. The molecule has 0 aromatic carbocycles. The van der Waals surface area contributed by atoms with Gasteiger partial charge in [-0.1, -0.05) is 11.5 Å². The second kappa shape index (κ2) is 7.53. The van der Waals surface area contributed by atoms with E-state index in [2.05, 4.69) is 21.8 Å². The van der Waals surface area contributed by atoms with Gasteiger partial charge in [-0.3, -0.25) is 0 Å². The summed E-state index contributed by atoms with van der Waals surface area (Å²) >= 11 is 1.89. The van der Waals surface area contributed by atoms with Gasteiger partial charge in [0.1, 0.15) is 0 Å². The third-order valence-corrected chi connectivity index (χ3v) is 2.64. The molecule has 0 spiro atoms. The predicted molar refractivity (Wildman–Crippen MR) is 62.9 cm³/mol. The summed E-state index contributed by atoms with van der Waals surface area (Å²) < 4.78 is 5.20. The lowest BCUT2D eigenvalue weighted by molar-refractivity contribution is 0.506. The fourth-order valence-electron chi connectivity index (χ4n) is 1.15. The van der Waals surface area contributed by atoms with Crippen molar-refractivity contribution < 1.29 is 4.42 Å². The Balaban J connectivity index is 2.04. The molecule has 1 aromatic rings. The van der Waals surface area contributed by atoms with E-state index in [1.807, 2.05) is 11.8 Å². The van der Waals surface area contributed by atoms with Gasteiger partial charge in [-0.25, -0.2) is 0 Å². The molecule has 0 saturated carbocycles. The number of hydrogen-bond acceptors (Lipinski definition) is 6. The van der Waals surface area contributed by atoms with Crippen molar-refractivity contribution in [3.8, 4) is 0 Å². The number of nitrogens with two attached hydrogens (primary N) is 1. The highest BCUT2D eigenvalue weighted by Gasteiger charge is 2.01. The fourth-order valence-corrected chi connectivity index (χ4v) is 1.64. The van der Waals surface area contributed by atoms with Crippen LogP contribution in [0.15, 0.2) is 4.42 Å². The van der Waals surface area contributed by atoms with Crippen LogP contribution < -0.4 is 11.1 Å². The van der Waals surface area contributed by atoms with Crippen LogP contribution in [0.25, 0.3) is 0 Å². The van der Waals surface area contributed by atoms with Crippen LogP contribution in [0.2, 0.25) is 0 Å². The first kappa shape index (κ1) is 12.3. The molecule has 5 nitrogen and oxygen atoms in total. The van der Waals surface area contributed by atoms with Crippen molar-refractivity contribution in [3.63, 3.8) is 0 Å². The van der Waals surface area contributed by atoms with Crippen molar-refractivity contribution >= 4 is 17.8 Å². The SMILES string of the molecule is CSCCCCCNc1nnc(CN)o1. The van der Waals surface area contributed by atoms with Crippen LogP contribution in [0.1, 0.15) is 25.2 Å². The van der Waals surface area contributed by atoms with Gasteiger partial charge >= 0.3 is 6.01 Å². The molecule has 0 amide bonds. The average molecular weight is 230 g/mol. The van der Waals surface area contributed by atoms with E-state index in [0.29, 0.717) is 18.5 Å². The van der Waals surface area contributed by atoms with Crippen molar-refractivity contribution in [1.82, 2.24) is 10.2 Å². The Bertz CT molecular complexity index is 266. The highest BCUT2D eigenvalue weighted by molar-refractivity contribution is 7.98. The normalized spacial score (nSPS) is 10.5. The topological polar surface area (TPSA) is 77.0 Å². The molecule has 3 N–H and O–H groups in total. The molecule has 1 aromatic heterocycles. The Morgan fingerprint density at radius 3 is 2.87 bits per heavy atom. The van der Waals surface area contributed by atoms with E-state index in [1.165, 1.54) is 18.6 Å². The second-order valence-corrected chi connectivity index (χ2v) is 4.17. The molecule has 0 bridgehead atoms. The molecule has 0 fully saturated rings. The van der Waals surface area contributed by atoms with Crippen LogP contribution in [0.4, 0.5) is 6.01 Å². The zero-order chi connectivity index (χ0) is 10.9. The van der Waals surface area contributed by atoms with E-state index in [-0.39, 0.29) is 0 Å². The highest BCUT2D eigenvalue weighted by atomic mass is 32.2. The molecule has 0 saturated heterocycles. The summed E-state index contributed by atoms with van der Waals surface area (Å²) in [4.78, 5) is 0. The van der Waals surface area contributed by atoms with Crippen molar-refractivity contribution in [1.29, 1.82) is 0 Å². The van der Waals surface area contributed by atoms with E-state index in [4.69, 9.17) is 10.2 Å². The highest BCUT2D eigenvalue weighted by Crippen LogP contribution is 2.06. The minimum atomic E-state index is 0.294. The maximum absolute atomic E-state index is 5.35. The molecule has 6 heteroatoms. The van der Waals surface area contributed by atoms with E-state index >= 15 is 0 Å². The Morgan fingerprint density at radius 1 is 1.33 bits per heavy atom. The number of hydrogen-bond donors (Lipinski definition) is 2. The van der Waals surface area contributed by atoms with Gasteiger partial charge < -0.3 is 15.5 Å². The molecular weight excluding hydrogens is 212 g/mol. The summed E-state index contributed by atoms with van der Waals surface area (Å²) in [5.41, 5.74) is 5.35. The first-order chi connectivity index (χ1) is 7.36. The Morgan fingerprint density at radius 2 is 2.20 bits per heavy atom. The van der Waals surface area contributed by atoms with E-state index < -0.39 is 0 Å². The second-order valence-electron chi connectivity index (χ2n) is 3.19. The number of aromatic nitrogens is 2. The predicted octanol–water partition coefficient (Wildman–Crippen LogP) is 1.47. The lowest BCUT2D eigenvalue weighted by Crippen LogP contribution is -2.01. The van der Waals surface area contributed by atoms with E-state index in [0.717, 1.165) is 13.0 Å². The number of thioether (sulfide) groups is 1. The van der Waals surface area contributed by atoms with Gasteiger partial charge in [0.15, 0.2) is 0 Å². The Labute approximate surface area is 94.2 Å². The van der Waals surface area contributed by atoms with Crippen molar-refractivity contribution in [3.05, 3.63) is 5.89 Å². The number of anilines is 1. The van der Waals surface area contributed by atoms with Gasteiger partial charge in [-0.15, -0.1) is 5.10 Å². The van der Waals surface area contributed by atoms with Crippen molar-refractivity contribution in [2.45, 2.75) is 25.8 Å². The number of nitrogens with one attached hydrogen (secondary N) is 1. The lowest BCUT2D eigenvalue weighted by atomic mass is 10.2. The molecule has 0 atom stereocenters. The fraction of sp³-hybridized carbons (Fsp3) is 0.778. The van der Waals surface area contributed by atoms with E-state index in [1.54, 1.807) is 0 Å². The van der Waals surface area contributed by atoms with Gasteiger partial charge in [-0.05, 0) is 24.9 Å². The number of nitrogens with zero attached hydrogens (tertiary/aromatic N) is 2. The summed E-state index contributed by atoms with van der Waals surface area (Å²) in [6.07, 6.45) is 5.75. The zero-order valence-electron chi connectivity index (χ0n) is 9.03. The van der Waals surface area contributed by atoms with Gasteiger partial charge in [0, 0.05) is 6.54 Å². The summed E-state index contributed by atoms with van der Waals surface area (Å²) in [6.45, 7) is 1.17. The van der Waals surface area contributed by atoms with Crippen LogP contribution in [-0.4, -0.2) is 28.8 Å². The third-order valence-electron chi connectivity index (χ3n) is 1.94. The molecular formula is C9H18N4OS. The quantitative estimate of drug-likeness (QED) is 0.659. The lowest BCUT2D eigenvalue weighted by Gasteiger charge is -2.00. The summed E-state index contributed by atoms with van der Waals surface area (Å²) in [6, 6.07) is 0.473. The number of rotatable bonds is 8. The van der Waals surface area contributed by atoms with Crippen LogP contribution in [0.3, 0.4) is 0 Å². The van der Waals surface area contributed by atoms with Crippen LogP contribution in [0.5, 0.6) is 0 Å². The molecule has 0 aliphatic carbocycles. The number of unbranched alkanes of at least 4 members (excludes halogenated alkanes) is 2. The summed E-state index contributed by atoms with van der Waals surface area (Å²) in [5.74, 6) is 1.71. The first-order valence-corrected chi connectivity index (χ1v) is 6.51. The first-order valence-electron chi connectivity index (χ1n) is 5.12. The van der Waals surface area contributed by atoms with Gasteiger partial charge in [0.05, 0.1) is 6.54 Å². The standard InChI is InChI=1S/C9H18N4OS/c1-15-6-4-2-3-5-11-9-13-12-8(7-10)14-9/h2-7,10H2,1H3,(H,11,13). The minimum Gasteiger partial charge on any atom is -0.407 e. The molecule has 0 radical (unpaired) electrons. The van der Waals surface area contributed by atoms with Crippen LogP contribution >= 0.6 is 11.8 Å².